The van der Waals surface area contributed by atoms with Crippen molar-refractivity contribution >= 4 is 63.9 Å². The third-order valence-electron chi connectivity index (χ3n) is 5.13. The quantitative estimate of drug-likeness (QED) is 0.518. The Morgan fingerprint density at radius 3 is 1.43 bits per heavy atom. The van der Waals surface area contributed by atoms with Gasteiger partial charge in [-0.3, -0.25) is 0 Å². The summed E-state index contributed by atoms with van der Waals surface area (Å²) in [7, 11) is 0. The number of hydrogen-bond donors (Lipinski definition) is 2. The van der Waals surface area contributed by atoms with Gasteiger partial charge >= 0.3 is 187 Å². The summed E-state index contributed by atoms with van der Waals surface area (Å²) in [6, 6.07) is 14.2. The molecule has 2 N–H and O–H groups in total. The maximum atomic E-state index is 3.65. The summed E-state index contributed by atoms with van der Waals surface area (Å²) in [6.07, 6.45) is 4.70. The molecule has 0 atom stereocenters. The Labute approximate surface area is 185 Å². The summed E-state index contributed by atoms with van der Waals surface area (Å²) >= 11 is -0.257. The van der Waals surface area contributed by atoms with Crippen LogP contribution in [0.5, 0.6) is 0 Å². The second-order valence-corrected chi connectivity index (χ2v) is 19.0. The molecule has 2 aliphatic heterocycles. The first-order valence-electron chi connectivity index (χ1n) is 9.71. The van der Waals surface area contributed by atoms with Crippen LogP contribution < -0.4 is 17.9 Å². The van der Waals surface area contributed by atoms with E-state index in [-0.39, 0.29) is 45.2 Å². The number of hydrogen-bond acceptors (Lipinski definition) is 2. The van der Waals surface area contributed by atoms with Gasteiger partial charge in [0.15, 0.2) is 0 Å². The van der Waals surface area contributed by atoms with E-state index < -0.39 is 0 Å². The van der Waals surface area contributed by atoms with Gasteiger partial charge in [-0.05, 0) is 0 Å². The van der Waals surface area contributed by atoms with Crippen molar-refractivity contribution in [3.8, 4) is 0 Å². The first-order valence-corrected chi connectivity index (χ1v) is 19.4. The number of benzene rings is 2. The van der Waals surface area contributed by atoms with E-state index in [4.69, 9.17) is 0 Å². The minimum absolute atomic E-state index is 0.0423. The second-order valence-electron chi connectivity index (χ2n) is 8.93. The zero-order valence-electron chi connectivity index (χ0n) is 17.4. The molecule has 0 amide bonds. The molecule has 2 aliphatic rings. The van der Waals surface area contributed by atoms with E-state index in [9.17, 15) is 0 Å². The first-order chi connectivity index (χ1) is 13.1. The standard InChI is InChI=1S/C24H28N2Te2/c1-15-13-23(3,4)25-21-9-7-17(11-19(15)21)27-28-18-8-10-22-20(12-18)16(2)14-24(5,6)26-22/h7-14,25-26H,1-6H3. The van der Waals surface area contributed by atoms with Crippen LogP contribution in [0.15, 0.2) is 48.6 Å². The van der Waals surface area contributed by atoms with Gasteiger partial charge in [-0.25, -0.2) is 0 Å². The number of fused-ring (bicyclic) bond motifs is 2. The van der Waals surface area contributed by atoms with Crippen molar-refractivity contribution in [3.05, 3.63) is 59.7 Å². The molecule has 146 valence electrons. The van der Waals surface area contributed by atoms with E-state index in [1.807, 2.05) is 0 Å². The molecule has 0 saturated carbocycles. The molecule has 2 nitrogen and oxygen atoms in total. The van der Waals surface area contributed by atoms with E-state index in [0.29, 0.717) is 0 Å². The number of rotatable bonds is 3. The SMILES string of the molecule is CC1=CC(C)(C)Nc2ccc([Te][Te]c3ccc4c(c3)C(C)=CC(C)(C)N4)cc21. The normalized spacial score (nSPS) is 18.8. The van der Waals surface area contributed by atoms with Crippen molar-refractivity contribution in [2.45, 2.75) is 52.6 Å². The van der Waals surface area contributed by atoms with Crippen molar-refractivity contribution < 1.29 is 0 Å². The van der Waals surface area contributed by atoms with E-state index in [2.05, 4.69) is 101 Å². The fourth-order valence-corrected chi connectivity index (χ4v) is 14.0. The van der Waals surface area contributed by atoms with Crippen LogP contribution in [0.3, 0.4) is 0 Å². The number of anilines is 2. The van der Waals surface area contributed by atoms with Crippen LogP contribution in [0.2, 0.25) is 0 Å². The summed E-state index contributed by atoms with van der Waals surface area (Å²) in [4.78, 5) is 0. The van der Waals surface area contributed by atoms with Gasteiger partial charge in [0.1, 0.15) is 0 Å². The van der Waals surface area contributed by atoms with Crippen LogP contribution in [0.4, 0.5) is 11.4 Å². The van der Waals surface area contributed by atoms with Crippen LogP contribution in [-0.4, -0.2) is 45.2 Å². The second kappa shape index (κ2) is 7.41. The van der Waals surface area contributed by atoms with E-state index in [0.717, 1.165) is 0 Å². The molecule has 0 aromatic heterocycles. The average Bonchev–Trinajstić information content (AvgIpc) is 2.58. The van der Waals surface area contributed by atoms with Gasteiger partial charge < -0.3 is 0 Å². The topological polar surface area (TPSA) is 24.1 Å². The van der Waals surface area contributed by atoms with E-state index >= 15 is 0 Å². The summed E-state index contributed by atoms with van der Waals surface area (Å²) in [5.74, 6) is 0. The molecule has 0 spiro atoms. The van der Waals surface area contributed by atoms with E-state index in [1.54, 1.807) is 7.22 Å². The Kier molecular flexibility index (Phi) is 5.39. The third-order valence-corrected chi connectivity index (χ3v) is 16.9. The minimum atomic E-state index is -0.128. The van der Waals surface area contributed by atoms with Crippen LogP contribution in [0.25, 0.3) is 11.1 Å². The maximum absolute atomic E-state index is 3.65. The van der Waals surface area contributed by atoms with Crippen LogP contribution in [0.1, 0.15) is 52.7 Å². The Morgan fingerprint density at radius 1 is 0.643 bits per heavy atom. The zero-order valence-corrected chi connectivity index (χ0v) is 22.1. The van der Waals surface area contributed by atoms with Gasteiger partial charge in [-0.1, -0.05) is 0 Å². The fraction of sp³-hybridized carbons (Fsp3) is 0.333. The van der Waals surface area contributed by atoms with Crippen molar-refractivity contribution in [2.24, 2.45) is 0 Å². The molecule has 2 heterocycles. The molecule has 0 unspecified atom stereocenters. The van der Waals surface area contributed by atoms with Gasteiger partial charge in [0.2, 0.25) is 0 Å². The predicted octanol–water partition coefficient (Wildman–Crippen LogP) is 4.18. The molecule has 4 heteroatoms. The van der Waals surface area contributed by atoms with E-state index in [1.165, 1.54) is 33.6 Å². The number of nitrogens with one attached hydrogen (secondary N) is 2. The molecule has 2 aromatic rings. The summed E-state index contributed by atoms with van der Waals surface area (Å²) in [5, 5.41) is 7.30. The first kappa shape index (κ1) is 20.4. The fourth-order valence-electron chi connectivity index (χ4n) is 4.12. The van der Waals surface area contributed by atoms with Crippen molar-refractivity contribution in [1.82, 2.24) is 0 Å². The Balaban J connectivity index is 1.52. The summed E-state index contributed by atoms with van der Waals surface area (Å²) in [6.45, 7) is 13.4. The third kappa shape index (κ3) is 4.32. The molecule has 0 bridgehead atoms. The van der Waals surface area contributed by atoms with Crippen LogP contribution in [-0.2, 0) is 0 Å². The van der Waals surface area contributed by atoms with Crippen molar-refractivity contribution in [2.75, 3.05) is 10.6 Å². The predicted molar refractivity (Wildman–Crippen MR) is 126 cm³/mol. The van der Waals surface area contributed by atoms with Gasteiger partial charge in [0.05, 0.1) is 0 Å². The van der Waals surface area contributed by atoms with Crippen LogP contribution in [0, 0.1) is 0 Å². The molecule has 0 aliphatic carbocycles. The Bertz CT molecular complexity index is 918. The molecule has 4 rings (SSSR count). The Hall–Kier alpha value is -0.901. The summed E-state index contributed by atoms with van der Waals surface area (Å²) in [5.41, 5.74) is 8.24. The van der Waals surface area contributed by atoms with Gasteiger partial charge in [0.25, 0.3) is 0 Å². The van der Waals surface area contributed by atoms with Gasteiger partial charge in [0, 0.05) is 0 Å². The molecular formula is C24H28N2Te2. The van der Waals surface area contributed by atoms with Gasteiger partial charge in [-0.2, -0.15) is 0 Å². The summed E-state index contributed by atoms with van der Waals surface area (Å²) < 4.78 is 3.18. The van der Waals surface area contributed by atoms with Gasteiger partial charge in [-0.15, -0.1) is 0 Å². The van der Waals surface area contributed by atoms with Crippen molar-refractivity contribution in [3.63, 3.8) is 0 Å². The Morgan fingerprint density at radius 2 is 1.04 bits per heavy atom. The zero-order chi connectivity index (χ0) is 20.1. The van der Waals surface area contributed by atoms with Crippen molar-refractivity contribution in [1.29, 1.82) is 0 Å². The molecular weight excluding hydrogens is 571 g/mol. The molecule has 2 aromatic carbocycles. The average molecular weight is 600 g/mol. The molecule has 0 saturated heterocycles. The number of allylic oxidation sites excluding steroid dienone is 2. The monoisotopic (exact) mass is 604 g/mol. The molecule has 0 radical (unpaired) electrons. The van der Waals surface area contributed by atoms with Crippen LogP contribution >= 0.6 is 0 Å². The molecule has 0 fully saturated rings. The molecule has 28 heavy (non-hydrogen) atoms.